The van der Waals surface area contributed by atoms with Gasteiger partial charge in [-0.2, -0.15) is 0 Å². The van der Waals surface area contributed by atoms with Crippen LogP contribution in [-0.4, -0.2) is 12.6 Å². The van der Waals surface area contributed by atoms with Gasteiger partial charge < -0.3 is 15.8 Å². The van der Waals surface area contributed by atoms with E-state index < -0.39 is 0 Å². The Hall–Kier alpha value is -1.20. The van der Waals surface area contributed by atoms with E-state index in [9.17, 15) is 0 Å². The number of benzene rings is 1. The highest BCUT2D eigenvalue weighted by Gasteiger charge is 2.05. The molecule has 0 saturated carbocycles. The largest absolute Gasteiger partial charge is 0.489 e. The van der Waals surface area contributed by atoms with Crippen LogP contribution in [-0.2, 0) is 6.42 Å². The molecule has 0 bridgehead atoms. The van der Waals surface area contributed by atoms with E-state index in [0.29, 0.717) is 5.69 Å². The first-order valence-corrected chi connectivity index (χ1v) is 8.20. The number of nitrogen functional groups attached to an aromatic ring is 1. The van der Waals surface area contributed by atoms with Gasteiger partial charge in [0.1, 0.15) is 5.75 Å². The third-order valence-corrected chi connectivity index (χ3v) is 4.39. The summed E-state index contributed by atoms with van der Waals surface area (Å²) < 4.78 is 6.86. The summed E-state index contributed by atoms with van der Waals surface area (Å²) in [5, 5.41) is 3.40. The number of hydrogen-bond acceptors (Lipinski definition) is 4. The minimum Gasteiger partial charge on any atom is -0.489 e. The summed E-state index contributed by atoms with van der Waals surface area (Å²) in [7, 11) is 0. The van der Waals surface area contributed by atoms with Crippen LogP contribution in [0.5, 0.6) is 5.75 Å². The summed E-state index contributed by atoms with van der Waals surface area (Å²) in [6.45, 7) is 4.88. The van der Waals surface area contributed by atoms with Gasteiger partial charge in [0.25, 0.3) is 0 Å². The van der Waals surface area contributed by atoms with Crippen molar-refractivity contribution in [2.75, 3.05) is 17.6 Å². The molecule has 0 aliphatic carbocycles. The van der Waals surface area contributed by atoms with Gasteiger partial charge in [0.15, 0.2) is 0 Å². The van der Waals surface area contributed by atoms with Crippen molar-refractivity contribution < 1.29 is 4.74 Å². The summed E-state index contributed by atoms with van der Waals surface area (Å²) in [6.07, 6.45) is 1.12. The number of thiophene rings is 1. The topological polar surface area (TPSA) is 47.3 Å². The average Bonchev–Trinajstić information content (AvgIpc) is 2.78. The lowest BCUT2D eigenvalue weighted by molar-refractivity contribution is 0.244. The molecule has 5 heteroatoms. The second-order valence-corrected chi connectivity index (χ2v) is 7.35. The second kappa shape index (κ2) is 6.99. The van der Waals surface area contributed by atoms with Crippen LogP contribution in [0.25, 0.3) is 0 Å². The average molecular weight is 355 g/mol. The molecule has 0 fully saturated rings. The van der Waals surface area contributed by atoms with Gasteiger partial charge in [-0.1, -0.05) is 0 Å². The maximum atomic E-state index is 5.90. The van der Waals surface area contributed by atoms with Crippen LogP contribution in [0.2, 0.25) is 0 Å². The molecule has 1 heterocycles. The molecule has 108 valence electrons. The summed E-state index contributed by atoms with van der Waals surface area (Å²) in [5.74, 6) is 0.740. The molecular formula is C15H19BrN2OS. The van der Waals surface area contributed by atoms with Gasteiger partial charge >= 0.3 is 0 Å². The highest BCUT2D eigenvalue weighted by molar-refractivity contribution is 9.11. The molecule has 0 unspecified atom stereocenters. The summed E-state index contributed by atoms with van der Waals surface area (Å²) in [4.78, 5) is 1.36. The number of hydrogen-bond donors (Lipinski definition) is 2. The predicted octanol–water partition coefficient (Wildman–Crippen LogP) is 4.53. The third-order valence-electron chi connectivity index (χ3n) is 2.71. The Kier molecular flexibility index (Phi) is 5.31. The third kappa shape index (κ3) is 4.42. The maximum Gasteiger partial charge on any atom is 0.144 e. The highest BCUT2D eigenvalue weighted by Crippen LogP contribution is 2.27. The Morgan fingerprint density at radius 1 is 1.30 bits per heavy atom. The van der Waals surface area contributed by atoms with E-state index in [1.807, 2.05) is 32.0 Å². The molecular weight excluding hydrogens is 336 g/mol. The van der Waals surface area contributed by atoms with Crippen molar-refractivity contribution in [2.24, 2.45) is 0 Å². The molecule has 0 spiro atoms. The number of halogens is 1. The first-order chi connectivity index (χ1) is 9.54. The molecule has 3 N–H and O–H groups in total. The minimum atomic E-state index is 0.121. The van der Waals surface area contributed by atoms with Crippen molar-refractivity contribution in [1.29, 1.82) is 0 Å². The second-order valence-electron chi connectivity index (χ2n) is 4.80. The van der Waals surface area contributed by atoms with Crippen LogP contribution in [0, 0.1) is 0 Å². The molecule has 2 aromatic rings. The van der Waals surface area contributed by atoms with Gasteiger partial charge in [-0.05, 0) is 60.5 Å². The Morgan fingerprint density at radius 2 is 2.10 bits per heavy atom. The highest BCUT2D eigenvalue weighted by atomic mass is 79.9. The lowest BCUT2D eigenvalue weighted by Gasteiger charge is -2.14. The van der Waals surface area contributed by atoms with E-state index in [1.165, 1.54) is 8.66 Å². The number of anilines is 2. The van der Waals surface area contributed by atoms with Crippen LogP contribution in [0.4, 0.5) is 11.4 Å². The summed E-state index contributed by atoms with van der Waals surface area (Å²) in [6, 6.07) is 10.0. The van der Waals surface area contributed by atoms with Crippen LogP contribution < -0.4 is 15.8 Å². The molecule has 0 saturated heterocycles. The fraction of sp³-hybridized carbons (Fsp3) is 0.333. The molecule has 0 aliphatic rings. The number of ether oxygens (including phenoxy) is 1. The maximum absolute atomic E-state index is 5.90. The van der Waals surface area contributed by atoms with Crippen molar-refractivity contribution in [3.8, 4) is 5.75 Å². The summed E-state index contributed by atoms with van der Waals surface area (Å²) in [5.41, 5.74) is 7.61. The number of rotatable bonds is 6. The molecule has 0 atom stereocenters. The minimum absolute atomic E-state index is 0.121. The lowest BCUT2D eigenvalue weighted by Crippen LogP contribution is -2.09. The zero-order chi connectivity index (χ0) is 14.5. The van der Waals surface area contributed by atoms with Gasteiger partial charge in [0.05, 0.1) is 15.6 Å². The molecule has 0 amide bonds. The van der Waals surface area contributed by atoms with E-state index >= 15 is 0 Å². The summed E-state index contributed by atoms with van der Waals surface area (Å²) >= 11 is 5.25. The molecule has 1 aromatic carbocycles. The monoisotopic (exact) mass is 354 g/mol. The van der Waals surface area contributed by atoms with Crippen molar-refractivity contribution in [2.45, 2.75) is 26.4 Å². The van der Waals surface area contributed by atoms with Crippen LogP contribution in [0.3, 0.4) is 0 Å². The normalized spacial score (nSPS) is 10.8. The SMILES string of the molecule is CC(C)Oc1cc(NCCc2ccc(Br)s2)ccc1N. The zero-order valence-electron chi connectivity index (χ0n) is 11.7. The van der Waals surface area contributed by atoms with E-state index in [0.717, 1.165) is 24.4 Å². The van der Waals surface area contributed by atoms with Gasteiger partial charge in [-0.25, -0.2) is 0 Å². The van der Waals surface area contributed by atoms with Crippen molar-refractivity contribution in [3.05, 3.63) is 39.0 Å². The molecule has 0 aliphatic heterocycles. The Labute approximate surface area is 132 Å². The van der Waals surface area contributed by atoms with Gasteiger partial charge in [-0.3, -0.25) is 0 Å². The fourth-order valence-electron chi connectivity index (χ4n) is 1.82. The van der Waals surface area contributed by atoms with Crippen molar-refractivity contribution >= 4 is 38.6 Å². The van der Waals surface area contributed by atoms with E-state index in [1.54, 1.807) is 11.3 Å². The lowest BCUT2D eigenvalue weighted by atomic mass is 10.2. The quantitative estimate of drug-likeness (QED) is 0.748. The van der Waals surface area contributed by atoms with Gasteiger partial charge in [0.2, 0.25) is 0 Å². The molecule has 20 heavy (non-hydrogen) atoms. The van der Waals surface area contributed by atoms with E-state index in [2.05, 4.69) is 33.4 Å². The van der Waals surface area contributed by atoms with Crippen LogP contribution in [0.15, 0.2) is 34.1 Å². The number of nitrogens with one attached hydrogen (secondary N) is 1. The molecule has 1 aromatic heterocycles. The fourth-order valence-corrected chi connectivity index (χ4v) is 3.30. The van der Waals surface area contributed by atoms with Gasteiger partial charge in [0, 0.05) is 23.2 Å². The Morgan fingerprint density at radius 3 is 2.75 bits per heavy atom. The van der Waals surface area contributed by atoms with Crippen LogP contribution in [0.1, 0.15) is 18.7 Å². The number of nitrogens with two attached hydrogens (primary N) is 1. The van der Waals surface area contributed by atoms with Crippen molar-refractivity contribution in [1.82, 2.24) is 0 Å². The Balaban J connectivity index is 1.92. The molecule has 3 nitrogen and oxygen atoms in total. The van der Waals surface area contributed by atoms with Crippen LogP contribution >= 0.6 is 27.3 Å². The van der Waals surface area contributed by atoms with Crippen molar-refractivity contribution in [3.63, 3.8) is 0 Å². The smallest absolute Gasteiger partial charge is 0.144 e. The first kappa shape index (κ1) is 15.2. The van der Waals surface area contributed by atoms with E-state index in [4.69, 9.17) is 10.5 Å². The zero-order valence-corrected chi connectivity index (χ0v) is 14.1. The molecule has 0 radical (unpaired) electrons. The predicted molar refractivity (Wildman–Crippen MR) is 90.8 cm³/mol. The Bertz CT molecular complexity index is 569. The van der Waals surface area contributed by atoms with E-state index in [-0.39, 0.29) is 6.10 Å². The van der Waals surface area contributed by atoms with Gasteiger partial charge in [-0.15, -0.1) is 11.3 Å². The standard InChI is InChI=1S/C15H19BrN2OS/c1-10(2)19-14-9-11(3-5-13(14)17)18-8-7-12-4-6-15(16)20-12/h3-6,9-10,18H,7-8,17H2,1-2H3. The molecule has 2 rings (SSSR count). The first-order valence-electron chi connectivity index (χ1n) is 6.59.